The first kappa shape index (κ1) is 23.8. The molecule has 0 fully saturated rings. The van der Waals surface area contributed by atoms with E-state index in [4.69, 9.17) is 32.7 Å². The molecular formula is C23H17BrCl2N2O4. The Hall–Kier alpha value is -2.87. The molecule has 1 amide bonds. The number of hydrogen-bond acceptors (Lipinski definition) is 5. The lowest BCUT2D eigenvalue weighted by atomic mass is 10.2. The second-order valence-corrected chi connectivity index (χ2v) is 8.29. The van der Waals surface area contributed by atoms with Gasteiger partial charge < -0.3 is 9.47 Å². The third kappa shape index (κ3) is 6.82. The van der Waals surface area contributed by atoms with Gasteiger partial charge in [-0.1, -0.05) is 39.1 Å². The summed E-state index contributed by atoms with van der Waals surface area (Å²) in [6.45, 7) is 1.63. The molecule has 6 nitrogen and oxygen atoms in total. The van der Waals surface area contributed by atoms with Crippen LogP contribution in [0.4, 0.5) is 0 Å². The first-order chi connectivity index (χ1) is 15.3. The van der Waals surface area contributed by atoms with Crippen molar-refractivity contribution in [3.63, 3.8) is 0 Å². The Bertz CT molecular complexity index is 1140. The Morgan fingerprint density at radius 2 is 1.66 bits per heavy atom. The van der Waals surface area contributed by atoms with Gasteiger partial charge in [0, 0.05) is 9.50 Å². The summed E-state index contributed by atoms with van der Waals surface area (Å²) in [4.78, 5) is 24.4. The van der Waals surface area contributed by atoms with Gasteiger partial charge in [0.05, 0.1) is 16.8 Å². The van der Waals surface area contributed by atoms with Gasteiger partial charge in [-0.05, 0) is 79.2 Å². The van der Waals surface area contributed by atoms with Crippen LogP contribution in [0, 0.1) is 0 Å². The van der Waals surface area contributed by atoms with Crippen molar-refractivity contribution in [3.05, 3.63) is 92.4 Å². The zero-order valence-electron chi connectivity index (χ0n) is 16.7. The number of halogens is 3. The molecule has 164 valence electrons. The van der Waals surface area contributed by atoms with Gasteiger partial charge in [0.25, 0.3) is 5.91 Å². The fraction of sp³-hybridized carbons (Fsp3) is 0.0870. The molecule has 0 unspecified atom stereocenters. The summed E-state index contributed by atoms with van der Waals surface area (Å²) in [7, 11) is 0. The second kappa shape index (κ2) is 11.1. The normalized spacial score (nSPS) is 11.8. The highest BCUT2D eigenvalue weighted by molar-refractivity contribution is 9.10. The van der Waals surface area contributed by atoms with Crippen molar-refractivity contribution in [1.82, 2.24) is 5.43 Å². The molecule has 0 spiro atoms. The molecule has 0 aromatic heterocycles. The molecular weight excluding hydrogens is 519 g/mol. The van der Waals surface area contributed by atoms with E-state index < -0.39 is 18.0 Å². The molecule has 1 atom stereocenters. The van der Waals surface area contributed by atoms with Gasteiger partial charge in [0.1, 0.15) is 11.5 Å². The molecule has 3 rings (SSSR count). The predicted molar refractivity (Wildman–Crippen MR) is 128 cm³/mol. The van der Waals surface area contributed by atoms with Gasteiger partial charge in [-0.2, -0.15) is 5.10 Å². The number of hydrogen-bond donors (Lipinski definition) is 1. The third-order valence-corrected chi connectivity index (χ3v) is 5.20. The van der Waals surface area contributed by atoms with Gasteiger partial charge in [-0.3, -0.25) is 4.79 Å². The van der Waals surface area contributed by atoms with E-state index in [1.807, 2.05) is 12.1 Å². The van der Waals surface area contributed by atoms with Gasteiger partial charge in [-0.15, -0.1) is 0 Å². The Kier molecular flexibility index (Phi) is 8.27. The summed E-state index contributed by atoms with van der Waals surface area (Å²) in [5.41, 5.74) is 3.33. The lowest BCUT2D eigenvalue weighted by Gasteiger charge is -2.12. The zero-order chi connectivity index (χ0) is 23.1. The van der Waals surface area contributed by atoms with E-state index in [-0.39, 0.29) is 10.6 Å². The third-order valence-electron chi connectivity index (χ3n) is 4.13. The fourth-order valence-electron chi connectivity index (χ4n) is 2.47. The molecule has 3 aromatic rings. The van der Waals surface area contributed by atoms with Crippen LogP contribution < -0.4 is 14.9 Å². The predicted octanol–water partition coefficient (Wildman–Crippen LogP) is 5.89. The van der Waals surface area contributed by atoms with E-state index in [0.717, 1.165) is 4.47 Å². The van der Waals surface area contributed by atoms with Gasteiger partial charge in [0.15, 0.2) is 6.10 Å². The summed E-state index contributed by atoms with van der Waals surface area (Å²) in [6.07, 6.45) is 0.737. The van der Waals surface area contributed by atoms with Crippen LogP contribution in [0.2, 0.25) is 10.0 Å². The van der Waals surface area contributed by atoms with Crippen molar-refractivity contribution in [2.45, 2.75) is 13.0 Å². The smallest absolute Gasteiger partial charge is 0.345 e. The standard InChI is InChI=1S/C23H17BrCl2N2O4/c1-14(31-18-9-4-16(24)5-10-18)22(29)28-27-13-15-2-7-19(8-3-15)32-23(30)20-11-6-17(25)12-21(20)26/h2-14H,1H3,(H,28,29)/b27-13-/t14-/m1/s1. The molecule has 0 bridgehead atoms. The molecule has 0 saturated heterocycles. The number of amides is 1. The SMILES string of the molecule is C[C@@H](Oc1ccc(Br)cc1)C(=O)N/N=C\c1ccc(OC(=O)c2ccc(Cl)cc2Cl)cc1. The van der Waals surface area contributed by atoms with Crippen molar-refractivity contribution >= 4 is 57.2 Å². The van der Waals surface area contributed by atoms with E-state index in [0.29, 0.717) is 22.1 Å². The topological polar surface area (TPSA) is 77.0 Å². The van der Waals surface area contributed by atoms with Crippen LogP contribution >= 0.6 is 39.1 Å². The summed E-state index contributed by atoms with van der Waals surface area (Å²) in [5.74, 6) is -0.0850. The fourth-order valence-corrected chi connectivity index (χ4v) is 3.22. The lowest BCUT2D eigenvalue weighted by Crippen LogP contribution is -2.33. The number of nitrogens with one attached hydrogen (secondary N) is 1. The average molecular weight is 536 g/mol. The number of rotatable bonds is 7. The van der Waals surface area contributed by atoms with E-state index in [2.05, 4.69) is 26.5 Å². The monoisotopic (exact) mass is 534 g/mol. The van der Waals surface area contributed by atoms with Gasteiger partial charge in [-0.25, -0.2) is 10.2 Å². The lowest BCUT2D eigenvalue weighted by molar-refractivity contribution is -0.127. The maximum Gasteiger partial charge on any atom is 0.345 e. The number of carbonyl (C=O) groups excluding carboxylic acids is 2. The van der Waals surface area contributed by atoms with Crippen molar-refractivity contribution in [2.75, 3.05) is 0 Å². The molecule has 9 heteroatoms. The van der Waals surface area contributed by atoms with Crippen LogP contribution in [0.1, 0.15) is 22.8 Å². The van der Waals surface area contributed by atoms with Crippen LogP contribution in [0.25, 0.3) is 0 Å². The first-order valence-electron chi connectivity index (χ1n) is 9.34. The molecule has 0 aliphatic carbocycles. The second-order valence-electron chi connectivity index (χ2n) is 6.53. The number of nitrogens with zero attached hydrogens (tertiary/aromatic N) is 1. The maximum absolute atomic E-state index is 12.3. The molecule has 0 saturated carbocycles. The Labute approximate surface area is 203 Å². The first-order valence-corrected chi connectivity index (χ1v) is 10.9. The van der Waals surface area contributed by atoms with E-state index >= 15 is 0 Å². The number of ether oxygens (including phenoxy) is 2. The quantitative estimate of drug-likeness (QED) is 0.177. The van der Waals surface area contributed by atoms with Crippen LogP contribution in [-0.2, 0) is 4.79 Å². The Morgan fingerprint density at radius 1 is 1.00 bits per heavy atom. The molecule has 0 heterocycles. The van der Waals surface area contributed by atoms with Crippen molar-refractivity contribution in [1.29, 1.82) is 0 Å². The Morgan fingerprint density at radius 3 is 2.31 bits per heavy atom. The molecule has 0 aliphatic heterocycles. The van der Waals surface area contributed by atoms with Gasteiger partial charge in [0.2, 0.25) is 0 Å². The minimum absolute atomic E-state index is 0.209. The van der Waals surface area contributed by atoms with Gasteiger partial charge >= 0.3 is 5.97 Å². The minimum atomic E-state index is -0.727. The van der Waals surface area contributed by atoms with E-state index in [9.17, 15) is 9.59 Å². The average Bonchev–Trinajstić information content (AvgIpc) is 2.76. The van der Waals surface area contributed by atoms with Crippen LogP contribution in [0.3, 0.4) is 0 Å². The molecule has 32 heavy (non-hydrogen) atoms. The Balaban J connectivity index is 1.51. The van der Waals surface area contributed by atoms with E-state index in [1.54, 1.807) is 49.4 Å². The molecule has 0 radical (unpaired) electrons. The van der Waals surface area contributed by atoms with Crippen molar-refractivity contribution in [3.8, 4) is 11.5 Å². The summed E-state index contributed by atoms with van der Waals surface area (Å²) >= 11 is 15.2. The highest BCUT2D eigenvalue weighted by Crippen LogP contribution is 2.23. The molecule has 1 N–H and O–H groups in total. The number of benzene rings is 3. The number of carbonyl (C=O) groups is 2. The number of hydrazone groups is 1. The maximum atomic E-state index is 12.3. The summed E-state index contributed by atoms with van der Waals surface area (Å²) < 4.78 is 11.8. The highest BCUT2D eigenvalue weighted by atomic mass is 79.9. The van der Waals surface area contributed by atoms with E-state index in [1.165, 1.54) is 18.3 Å². The molecule has 0 aliphatic rings. The van der Waals surface area contributed by atoms with Crippen LogP contribution in [0.5, 0.6) is 11.5 Å². The van der Waals surface area contributed by atoms with Crippen molar-refractivity contribution in [2.24, 2.45) is 5.10 Å². The van der Waals surface area contributed by atoms with Crippen molar-refractivity contribution < 1.29 is 19.1 Å². The highest BCUT2D eigenvalue weighted by Gasteiger charge is 2.14. The number of esters is 1. The summed E-state index contributed by atoms with van der Waals surface area (Å²) in [5, 5.41) is 4.56. The van der Waals surface area contributed by atoms with Crippen LogP contribution in [0.15, 0.2) is 76.3 Å². The zero-order valence-corrected chi connectivity index (χ0v) is 19.8. The van der Waals surface area contributed by atoms with Crippen LogP contribution in [-0.4, -0.2) is 24.2 Å². The molecule has 3 aromatic carbocycles. The largest absolute Gasteiger partial charge is 0.481 e. The minimum Gasteiger partial charge on any atom is -0.481 e. The summed E-state index contributed by atoms with van der Waals surface area (Å²) in [6, 6.07) is 18.3.